The van der Waals surface area contributed by atoms with Crippen LogP contribution in [0.1, 0.15) is 10.4 Å². The second-order valence-electron chi connectivity index (χ2n) is 6.09. The number of Topliss-reactive ketones (excluding diaryl/α,β-unsaturated/α-hetero) is 1. The van der Waals surface area contributed by atoms with Crippen molar-refractivity contribution in [3.8, 4) is 0 Å². The first-order chi connectivity index (χ1) is 14.0. The molecular weight excluding hydrogens is 374 g/mol. The molecule has 3 rings (SSSR count). The molecule has 8 nitrogen and oxygen atoms in total. The number of benzene rings is 1. The van der Waals surface area contributed by atoms with Gasteiger partial charge in [0.25, 0.3) is 0 Å². The van der Waals surface area contributed by atoms with Gasteiger partial charge in [-0.05, 0) is 30.4 Å². The van der Waals surface area contributed by atoms with Crippen molar-refractivity contribution >= 4 is 35.1 Å². The molecule has 1 atom stereocenters. The average Bonchev–Trinajstić information content (AvgIpc) is 2.70. The topological polar surface area (TPSA) is 106 Å². The van der Waals surface area contributed by atoms with Crippen molar-refractivity contribution in [3.63, 3.8) is 0 Å². The van der Waals surface area contributed by atoms with Crippen molar-refractivity contribution in [3.05, 3.63) is 73.0 Å². The van der Waals surface area contributed by atoms with Gasteiger partial charge in [-0.25, -0.2) is 9.59 Å². The molecule has 1 aliphatic carbocycles. The Kier molecular flexibility index (Phi) is 6.03. The summed E-state index contributed by atoms with van der Waals surface area (Å²) < 4.78 is 9.76. The average molecular weight is 393 g/mol. The van der Waals surface area contributed by atoms with E-state index < -0.39 is 18.1 Å². The molecule has 1 aromatic rings. The number of ether oxygens (including phenoxy) is 2. The van der Waals surface area contributed by atoms with Crippen molar-refractivity contribution in [1.29, 1.82) is 0 Å². The third-order valence-electron chi connectivity index (χ3n) is 4.04. The minimum absolute atomic E-state index is 0.0847. The zero-order chi connectivity index (χ0) is 20.8. The molecular formula is C21H19N3O5. The molecule has 2 N–H and O–H groups in total. The smallest absolute Gasteiger partial charge is 0.411 e. The maximum Gasteiger partial charge on any atom is 0.411 e. The van der Waals surface area contributed by atoms with Crippen LogP contribution in [0.4, 0.5) is 21.0 Å². The predicted molar refractivity (Wildman–Crippen MR) is 108 cm³/mol. The normalized spacial score (nSPS) is 16.4. The zero-order valence-electron chi connectivity index (χ0n) is 15.5. The van der Waals surface area contributed by atoms with E-state index in [-0.39, 0.29) is 19.0 Å². The molecule has 0 aromatic heterocycles. The second kappa shape index (κ2) is 8.83. The third-order valence-corrected chi connectivity index (χ3v) is 4.04. The van der Waals surface area contributed by atoms with Crippen LogP contribution in [0.2, 0.25) is 0 Å². The van der Waals surface area contributed by atoms with E-state index in [1.54, 1.807) is 36.4 Å². The van der Waals surface area contributed by atoms with Gasteiger partial charge in [0.05, 0.1) is 17.3 Å². The van der Waals surface area contributed by atoms with E-state index in [4.69, 9.17) is 9.47 Å². The Morgan fingerprint density at radius 2 is 1.79 bits per heavy atom. The molecule has 1 aromatic carbocycles. The lowest BCUT2D eigenvalue weighted by molar-refractivity contribution is 0.0971. The van der Waals surface area contributed by atoms with Crippen LogP contribution in [-0.2, 0) is 9.47 Å². The summed E-state index contributed by atoms with van der Waals surface area (Å²) in [5, 5.41) is 5.14. The fourth-order valence-corrected chi connectivity index (χ4v) is 2.79. The number of ketones is 1. The van der Waals surface area contributed by atoms with Gasteiger partial charge in [-0.15, -0.1) is 0 Å². The Bertz CT molecular complexity index is 975. The van der Waals surface area contributed by atoms with E-state index in [2.05, 4.69) is 28.8 Å². The molecule has 2 aliphatic rings. The summed E-state index contributed by atoms with van der Waals surface area (Å²) in [5.74, 6) is -0.653. The summed E-state index contributed by atoms with van der Waals surface area (Å²) >= 11 is 0. The van der Waals surface area contributed by atoms with Gasteiger partial charge in [0.2, 0.25) is 0 Å². The van der Waals surface area contributed by atoms with Gasteiger partial charge in [-0.3, -0.25) is 20.4 Å². The number of carbonyl (C=O) groups is 3. The van der Waals surface area contributed by atoms with Gasteiger partial charge < -0.3 is 9.47 Å². The molecule has 0 saturated heterocycles. The highest BCUT2D eigenvalue weighted by molar-refractivity contribution is 6.23. The number of carbonyl (C=O) groups excluding carboxylic acids is 3. The van der Waals surface area contributed by atoms with E-state index in [1.807, 2.05) is 0 Å². The first-order valence-electron chi connectivity index (χ1n) is 8.78. The first kappa shape index (κ1) is 19.8. The number of anilines is 1. The van der Waals surface area contributed by atoms with Crippen LogP contribution in [0.25, 0.3) is 0 Å². The number of hydrogen-bond donors (Lipinski definition) is 2. The van der Waals surface area contributed by atoms with Crippen LogP contribution < -0.4 is 10.6 Å². The van der Waals surface area contributed by atoms with Crippen molar-refractivity contribution in [2.24, 2.45) is 10.9 Å². The lowest BCUT2D eigenvalue weighted by Crippen LogP contribution is -2.30. The van der Waals surface area contributed by atoms with Gasteiger partial charge in [-0.2, -0.15) is 0 Å². The minimum atomic E-state index is -0.637. The maximum absolute atomic E-state index is 12.8. The number of allylic oxidation sites excluding steroid dienone is 3. The number of fused-ring (bicyclic) bond motifs is 2. The Balaban J connectivity index is 1.80. The molecule has 0 bridgehead atoms. The third kappa shape index (κ3) is 4.67. The van der Waals surface area contributed by atoms with E-state index in [0.717, 1.165) is 0 Å². The molecule has 29 heavy (non-hydrogen) atoms. The zero-order valence-corrected chi connectivity index (χ0v) is 15.5. The molecule has 1 unspecified atom stereocenters. The van der Waals surface area contributed by atoms with E-state index in [0.29, 0.717) is 28.3 Å². The fraction of sp³-hybridized carbons (Fsp3) is 0.143. The Hall–Kier alpha value is -3.94. The van der Waals surface area contributed by atoms with Crippen LogP contribution in [0.3, 0.4) is 0 Å². The number of rotatable bonds is 6. The fourth-order valence-electron chi connectivity index (χ4n) is 2.79. The summed E-state index contributed by atoms with van der Waals surface area (Å²) in [6.45, 7) is 7.12. The highest BCUT2D eigenvalue weighted by Crippen LogP contribution is 2.33. The van der Waals surface area contributed by atoms with Crippen LogP contribution >= 0.6 is 0 Å². The number of nitrogens with zero attached hydrogens (tertiary/aromatic N) is 1. The molecule has 148 valence electrons. The number of hydrogen-bond acceptors (Lipinski definition) is 6. The van der Waals surface area contributed by atoms with Crippen LogP contribution in [0.5, 0.6) is 0 Å². The Morgan fingerprint density at radius 3 is 2.48 bits per heavy atom. The standard InChI is InChI=1S/C21H19N3O5/c1-3-9-28-20(26)22-13-5-7-15-17(11-13)24-18-12-14(6-8-16(18)19(15)25)23-21(27)29-10-4-2/h3-8,11-12,15H,1-2,9-10H2,(H,22,26)(H,23,27). The number of alkyl carbamates (subject to hydrolysis) is 1. The summed E-state index contributed by atoms with van der Waals surface area (Å²) in [4.78, 5) is 40.7. The van der Waals surface area contributed by atoms with Gasteiger partial charge in [0.1, 0.15) is 13.2 Å². The Labute approximate surface area is 167 Å². The van der Waals surface area contributed by atoms with E-state index >= 15 is 0 Å². The lowest BCUT2D eigenvalue weighted by Gasteiger charge is -2.23. The van der Waals surface area contributed by atoms with Crippen LogP contribution in [0.15, 0.2) is 72.4 Å². The minimum Gasteiger partial charge on any atom is -0.445 e. The predicted octanol–water partition coefficient (Wildman–Crippen LogP) is 3.67. The van der Waals surface area contributed by atoms with Gasteiger partial charge >= 0.3 is 12.2 Å². The number of aliphatic imine (C=N–C) groups is 1. The highest BCUT2D eigenvalue weighted by Gasteiger charge is 2.31. The molecule has 0 radical (unpaired) electrons. The quantitative estimate of drug-likeness (QED) is 0.717. The van der Waals surface area contributed by atoms with Crippen molar-refractivity contribution in [2.45, 2.75) is 0 Å². The number of amides is 2. The molecule has 0 saturated carbocycles. The first-order valence-corrected chi connectivity index (χ1v) is 8.78. The monoisotopic (exact) mass is 393 g/mol. The molecule has 1 aliphatic heterocycles. The van der Waals surface area contributed by atoms with E-state index in [1.165, 1.54) is 12.2 Å². The van der Waals surface area contributed by atoms with Gasteiger partial charge in [-0.1, -0.05) is 31.4 Å². The SMILES string of the molecule is C=CCOC(=O)NC1=CC2=Nc3cc(NC(=O)OCC=C)ccc3C(=O)C2C=C1. The lowest BCUT2D eigenvalue weighted by atomic mass is 9.86. The molecule has 0 fully saturated rings. The molecule has 2 amide bonds. The molecule has 0 spiro atoms. The largest absolute Gasteiger partial charge is 0.445 e. The van der Waals surface area contributed by atoms with Crippen LogP contribution in [0, 0.1) is 5.92 Å². The van der Waals surface area contributed by atoms with Gasteiger partial charge in [0, 0.05) is 16.9 Å². The van der Waals surface area contributed by atoms with E-state index in [9.17, 15) is 14.4 Å². The Morgan fingerprint density at radius 1 is 1.10 bits per heavy atom. The van der Waals surface area contributed by atoms with Crippen molar-refractivity contribution < 1.29 is 23.9 Å². The summed E-state index contributed by atoms with van der Waals surface area (Å²) in [6.07, 6.45) is 6.56. The maximum atomic E-state index is 12.8. The second-order valence-corrected chi connectivity index (χ2v) is 6.09. The molecule has 8 heteroatoms. The van der Waals surface area contributed by atoms with Gasteiger partial charge in [0.15, 0.2) is 5.78 Å². The summed E-state index contributed by atoms with van der Waals surface area (Å²) in [5.41, 5.74) is 2.24. The summed E-state index contributed by atoms with van der Waals surface area (Å²) in [6, 6.07) is 4.81. The summed E-state index contributed by atoms with van der Waals surface area (Å²) in [7, 11) is 0. The highest BCUT2D eigenvalue weighted by atomic mass is 16.6. The van der Waals surface area contributed by atoms with Crippen LogP contribution in [-0.4, -0.2) is 36.9 Å². The molecule has 1 heterocycles. The van der Waals surface area contributed by atoms with Crippen molar-refractivity contribution in [1.82, 2.24) is 5.32 Å². The number of nitrogens with one attached hydrogen (secondary N) is 2. The van der Waals surface area contributed by atoms with Crippen molar-refractivity contribution in [2.75, 3.05) is 18.5 Å².